The van der Waals surface area contributed by atoms with E-state index in [1.54, 1.807) is 0 Å². The molecule has 0 unspecified atom stereocenters. The minimum absolute atomic E-state index is 1.01. The molecule has 2 heteroatoms. The molecular weight excluding hydrogens is 208 g/mol. The Balaban J connectivity index is 3.36. The van der Waals surface area contributed by atoms with Crippen molar-refractivity contribution in [2.45, 2.75) is 58.8 Å². The van der Waals surface area contributed by atoms with Crippen LogP contribution in [0.2, 0.25) is 0 Å². The van der Waals surface area contributed by atoms with Crippen LogP contribution in [-0.2, 0) is 0 Å². The van der Waals surface area contributed by atoms with Gasteiger partial charge in [0.15, 0.2) is 0 Å². The van der Waals surface area contributed by atoms with Crippen LogP contribution in [0.3, 0.4) is 0 Å². The van der Waals surface area contributed by atoms with Crippen molar-refractivity contribution in [2.75, 3.05) is 20.1 Å². The van der Waals surface area contributed by atoms with E-state index in [1.165, 1.54) is 45.1 Å². The molecule has 17 heavy (non-hydrogen) atoms. The zero-order chi connectivity index (χ0) is 12.8. The maximum Gasteiger partial charge on any atom is 0.0236 e. The molecule has 0 rings (SSSR count). The summed E-state index contributed by atoms with van der Waals surface area (Å²) in [5.74, 6) is 0. The summed E-state index contributed by atoms with van der Waals surface area (Å²) in [6.07, 6.45) is 15.1. The molecule has 0 aromatic rings. The van der Waals surface area contributed by atoms with Gasteiger partial charge in [-0.1, -0.05) is 52.0 Å². The standard InChI is InChI=1S/C15H30N2/c1-4-6-8-9-10-14-17(3)15-11-13-16-12-7-5-2/h11-13H,4-10,14-15H2,1-3H3. The van der Waals surface area contributed by atoms with E-state index in [4.69, 9.17) is 0 Å². The van der Waals surface area contributed by atoms with Crippen molar-refractivity contribution in [3.63, 3.8) is 0 Å². The zero-order valence-corrected chi connectivity index (χ0v) is 12.0. The number of rotatable bonds is 11. The van der Waals surface area contributed by atoms with E-state index in [0.717, 1.165) is 13.0 Å². The molecule has 2 nitrogen and oxygen atoms in total. The predicted molar refractivity (Wildman–Crippen MR) is 78.8 cm³/mol. The van der Waals surface area contributed by atoms with Crippen LogP contribution in [0.15, 0.2) is 17.3 Å². The average Bonchev–Trinajstić information content (AvgIpc) is 2.33. The third-order valence-corrected chi connectivity index (χ3v) is 2.78. The number of likely N-dealkylation sites (N-methyl/N-ethyl adjacent to an activating group) is 1. The number of hydrogen-bond acceptors (Lipinski definition) is 2. The molecule has 0 aromatic carbocycles. The lowest BCUT2D eigenvalue weighted by Gasteiger charge is -2.13. The summed E-state index contributed by atoms with van der Waals surface area (Å²) in [4.78, 5) is 6.58. The highest BCUT2D eigenvalue weighted by atomic mass is 15.1. The third-order valence-electron chi connectivity index (χ3n) is 2.78. The molecule has 100 valence electrons. The van der Waals surface area contributed by atoms with Crippen molar-refractivity contribution >= 4 is 6.21 Å². The van der Waals surface area contributed by atoms with Crippen LogP contribution in [0, 0.1) is 0 Å². The van der Waals surface area contributed by atoms with Gasteiger partial charge in [0.25, 0.3) is 0 Å². The second kappa shape index (κ2) is 13.4. The first-order chi connectivity index (χ1) is 8.31. The van der Waals surface area contributed by atoms with Crippen LogP contribution in [0.5, 0.6) is 0 Å². The largest absolute Gasteiger partial charge is 0.303 e. The second-order valence-electron chi connectivity index (χ2n) is 4.68. The van der Waals surface area contributed by atoms with E-state index < -0.39 is 0 Å². The highest BCUT2D eigenvalue weighted by molar-refractivity contribution is 5.57. The van der Waals surface area contributed by atoms with Crippen LogP contribution in [0.25, 0.3) is 0 Å². The van der Waals surface area contributed by atoms with Crippen LogP contribution < -0.4 is 0 Å². The first kappa shape index (κ1) is 16.4. The van der Waals surface area contributed by atoms with Gasteiger partial charge in [-0.15, -0.1) is 0 Å². The van der Waals surface area contributed by atoms with E-state index in [-0.39, 0.29) is 0 Å². The summed E-state index contributed by atoms with van der Waals surface area (Å²) in [6.45, 7) is 6.64. The fraction of sp³-hybridized carbons (Fsp3) is 0.800. The highest BCUT2D eigenvalue weighted by Crippen LogP contribution is 2.02. The Morgan fingerprint density at radius 1 is 1.00 bits per heavy atom. The van der Waals surface area contributed by atoms with Gasteiger partial charge in [0, 0.05) is 19.0 Å². The smallest absolute Gasteiger partial charge is 0.0236 e. The van der Waals surface area contributed by atoms with E-state index in [2.05, 4.69) is 36.9 Å². The molecule has 0 bridgehead atoms. The molecule has 0 atom stereocenters. The summed E-state index contributed by atoms with van der Waals surface area (Å²) in [5.41, 5.74) is 0. The Kier molecular flexibility index (Phi) is 12.9. The number of hydrogen-bond donors (Lipinski definition) is 0. The van der Waals surface area contributed by atoms with Crippen LogP contribution in [0.4, 0.5) is 0 Å². The van der Waals surface area contributed by atoms with E-state index in [0.29, 0.717) is 0 Å². The summed E-state index contributed by atoms with van der Waals surface area (Å²) in [7, 11) is 2.18. The minimum Gasteiger partial charge on any atom is -0.303 e. The fourth-order valence-corrected chi connectivity index (χ4v) is 1.63. The molecule has 0 N–H and O–H groups in total. The summed E-state index contributed by atoms with van der Waals surface area (Å²) < 4.78 is 0. The Labute approximate surface area is 108 Å². The lowest BCUT2D eigenvalue weighted by Crippen LogP contribution is -2.19. The highest BCUT2D eigenvalue weighted by Gasteiger charge is 1.94. The second-order valence-corrected chi connectivity index (χ2v) is 4.68. The van der Waals surface area contributed by atoms with E-state index in [1.807, 2.05) is 12.4 Å². The van der Waals surface area contributed by atoms with Crippen molar-refractivity contribution in [3.05, 3.63) is 12.3 Å². The van der Waals surface area contributed by atoms with Gasteiger partial charge in [-0.05, 0) is 26.4 Å². The van der Waals surface area contributed by atoms with Crippen LogP contribution in [0.1, 0.15) is 58.8 Å². The van der Waals surface area contributed by atoms with Gasteiger partial charge in [0.2, 0.25) is 0 Å². The molecule has 0 heterocycles. The van der Waals surface area contributed by atoms with Crippen molar-refractivity contribution in [1.82, 2.24) is 4.90 Å². The van der Waals surface area contributed by atoms with Gasteiger partial charge in [-0.3, -0.25) is 4.99 Å². The van der Waals surface area contributed by atoms with Crippen LogP contribution in [-0.4, -0.2) is 31.3 Å². The first-order valence-electron chi connectivity index (χ1n) is 7.16. The summed E-state index contributed by atoms with van der Waals surface area (Å²) in [5, 5.41) is 0. The number of aliphatic imine (C=N–C) groups is 1. The Morgan fingerprint density at radius 3 is 2.47 bits per heavy atom. The maximum atomic E-state index is 4.22. The molecule has 0 saturated heterocycles. The normalized spacial score (nSPS) is 12.2. The van der Waals surface area contributed by atoms with Crippen molar-refractivity contribution < 1.29 is 0 Å². The van der Waals surface area contributed by atoms with Gasteiger partial charge in [-0.25, -0.2) is 0 Å². The van der Waals surface area contributed by atoms with Crippen molar-refractivity contribution in [2.24, 2.45) is 4.99 Å². The molecule has 0 amide bonds. The molecule has 0 fully saturated rings. The van der Waals surface area contributed by atoms with Crippen molar-refractivity contribution in [1.29, 1.82) is 0 Å². The molecule has 0 aliphatic carbocycles. The monoisotopic (exact) mass is 238 g/mol. The number of nitrogens with zero attached hydrogens (tertiary/aromatic N) is 2. The van der Waals surface area contributed by atoms with Gasteiger partial charge < -0.3 is 4.90 Å². The average molecular weight is 238 g/mol. The molecule has 0 saturated carbocycles. The Bertz CT molecular complexity index is 197. The number of unbranched alkanes of at least 4 members (excludes halogenated alkanes) is 5. The molecule has 0 aromatic heterocycles. The van der Waals surface area contributed by atoms with Gasteiger partial charge in [0.05, 0.1) is 0 Å². The molecule has 0 spiro atoms. The van der Waals surface area contributed by atoms with Gasteiger partial charge in [-0.2, -0.15) is 0 Å². The van der Waals surface area contributed by atoms with Crippen molar-refractivity contribution in [3.8, 4) is 0 Å². The SMILES string of the molecule is CCCC=NC=CCN(C)CCCCCCC. The lowest BCUT2D eigenvalue weighted by atomic mass is 10.1. The van der Waals surface area contributed by atoms with Gasteiger partial charge in [0.1, 0.15) is 0 Å². The Hall–Kier alpha value is -0.630. The van der Waals surface area contributed by atoms with E-state index in [9.17, 15) is 0 Å². The third kappa shape index (κ3) is 13.3. The van der Waals surface area contributed by atoms with Crippen LogP contribution >= 0.6 is 0 Å². The predicted octanol–water partition coefficient (Wildman–Crippen LogP) is 4.27. The maximum absolute atomic E-state index is 4.22. The summed E-state index contributed by atoms with van der Waals surface area (Å²) in [6, 6.07) is 0. The molecule has 0 aliphatic heterocycles. The van der Waals surface area contributed by atoms with Gasteiger partial charge >= 0.3 is 0 Å². The van der Waals surface area contributed by atoms with E-state index >= 15 is 0 Å². The topological polar surface area (TPSA) is 15.6 Å². The summed E-state index contributed by atoms with van der Waals surface area (Å²) >= 11 is 0. The molecular formula is C15H30N2. The first-order valence-corrected chi connectivity index (χ1v) is 7.16. The quantitative estimate of drug-likeness (QED) is 0.387. The fourth-order valence-electron chi connectivity index (χ4n) is 1.63. The Morgan fingerprint density at radius 2 is 1.76 bits per heavy atom. The zero-order valence-electron chi connectivity index (χ0n) is 12.0. The molecule has 0 aliphatic rings. The minimum atomic E-state index is 1.01. The molecule has 0 radical (unpaired) electrons. The lowest BCUT2D eigenvalue weighted by molar-refractivity contribution is 0.356.